The lowest BCUT2D eigenvalue weighted by atomic mass is 10.1. The van der Waals surface area contributed by atoms with Crippen molar-refractivity contribution in [3.8, 4) is 0 Å². The van der Waals surface area contributed by atoms with Gasteiger partial charge in [-0.2, -0.15) is 5.10 Å². The molecule has 0 bridgehead atoms. The normalized spacial score (nSPS) is 22.6. The number of hydrogen-bond donors (Lipinski definition) is 1. The maximum absolute atomic E-state index is 12.3. The Balaban J connectivity index is 1.99. The molecule has 0 saturated carbocycles. The highest BCUT2D eigenvalue weighted by Crippen LogP contribution is 2.26. The Kier molecular flexibility index (Phi) is 4.79. The van der Waals surface area contributed by atoms with E-state index in [4.69, 9.17) is 15.5 Å². The van der Waals surface area contributed by atoms with E-state index in [0.717, 1.165) is 6.42 Å². The molecule has 1 saturated heterocycles. The van der Waals surface area contributed by atoms with Crippen LogP contribution in [0, 0.1) is 5.92 Å². The third-order valence-corrected chi connectivity index (χ3v) is 3.33. The molecule has 1 fully saturated rings. The van der Waals surface area contributed by atoms with E-state index in [1.807, 2.05) is 20.8 Å². The first kappa shape index (κ1) is 15.7. The number of hydrogen-bond acceptors (Lipinski definition) is 6. The zero-order valence-corrected chi connectivity index (χ0v) is 12.7. The van der Waals surface area contributed by atoms with Crippen LogP contribution in [-0.2, 0) is 16.1 Å². The molecule has 0 aliphatic carbocycles. The molecule has 1 aromatic rings. The van der Waals surface area contributed by atoms with Crippen molar-refractivity contribution in [1.29, 1.82) is 0 Å². The van der Waals surface area contributed by atoms with Crippen LogP contribution in [0.2, 0.25) is 0 Å². The molecule has 0 aromatic carbocycles. The lowest BCUT2D eigenvalue weighted by Gasteiger charge is -2.28. The van der Waals surface area contributed by atoms with Crippen LogP contribution in [-0.4, -0.2) is 50.6 Å². The molecule has 1 aromatic heterocycles. The van der Waals surface area contributed by atoms with Crippen LogP contribution in [0.15, 0.2) is 12.7 Å². The first-order valence-corrected chi connectivity index (χ1v) is 7.03. The van der Waals surface area contributed by atoms with Crippen molar-refractivity contribution in [3.05, 3.63) is 12.7 Å². The summed E-state index contributed by atoms with van der Waals surface area (Å²) in [6.45, 7) is 7.16. The fourth-order valence-corrected chi connectivity index (χ4v) is 2.55. The fourth-order valence-electron chi connectivity index (χ4n) is 2.55. The second-order valence-electron chi connectivity index (χ2n) is 6.34. The van der Waals surface area contributed by atoms with Crippen molar-refractivity contribution in [3.63, 3.8) is 0 Å². The number of aromatic nitrogens is 3. The zero-order chi connectivity index (χ0) is 15.5. The second kappa shape index (κ2) is 6.40. The van der Waals surface area contributed by atoms with Crippen LogP contribution in [0.4, 0.5) is 4.79 Å². The summed E-state index contributed by atoms with van der Waals surface area (Å²) in [4.78, 5) is 22.6. The summed E-state index contributed by atoms with van der Waals surface area (Å²) in [6, 6.07) is -0.0710. The van der Waals surface area contributed by atoms with Crippen molar-refractivity contribution in [2.75, 3.05) is 13.2 Å². The molecule has 0 unspecified atom stereocenters. The third kappa shape index (κ3) is 4.40. The molecule has 2 N–H and O–H groups in total. The lowest BCUT2D eigenvalue weighted by molar-refractivity contribution is 0.0103. The Labute approximate surface area is 124 Å². The maximum atomic E-state index is 12.3. The highest BCUT2D eigenvalue weighted by atomic mass is 16.6. The van der Waals surface area contributed by atoms with Gasteiger partial charge in [0.25, 0.3) is 0 Å². The van der Waals surface area contributed by atoms with E-state index in [9.17, 15) is 4.79 Å². The Morgan fingerprint density at radius 1 is 1.48 bits per heavy atom. The monoisotopic (exact) mass is 297 g/mol. The van der Waals surface area contributed by atoms with Gasteiger partial charge in [0.1, 0.15) is 18.3 Å². The minimum atomic E-state index is -0.519. The van der Waals surface area contributed by atoms with Crippen molar-refractivity contribution in [2.45, 2.75) is 45.4 Å². The smallest absolute Gasteiger partial charge is 0.410 e. The number of nitrogens with two attached hydrogens (primary N) is 1. The first-order chi connectivity index (χ1) is 9.89. The van der Waals surface area contributed by atoms with E-state index in [-0.39, 0.29) is 18.1 Å². The van der Waals surface area contributed by atoms with Gasteiger partial charge in [-0.3, -0.25) is 4.68 Å². The van der Waals surface area contributed by atoms with Gasteiger partial charge in [0, 0.05) is 13.1 Å². The quantitative estimate of drug-likeness (QED) is 0.826. The number of ether oxygens (including phenoxy) is 1. The van der Waals surface area contributed by atoms with Crippen LogP contribution >= 0.6 is 0 Å². The summed E-state index contributed by atoms with van der Waals surface area (Å²) < 4.78 is 7.21. The van der Waals surface area contributed by atoms with Crippen molar-refractivity contribution in [2.24, 2.45) is 11.8 Å². The summed E-state index contributed by atoms with van der Waals surface area (Å²) in [5, 5.41) is 4.09. The fraction of sp³-hybridized carbons (Fsp3) is 0.769. The molecule has 118 valence electrons. The molecule has 21 heavy (non-hydrogen) atoms. The summed E-state index contributed by atoms with van der Waals surface area (Å²) in [5.41, 5.74) is -0.519. The number of likely N-dealkylation sites (tertiary alicyclic amines) is 1. The van der Waals surface area contributed by atoms with Crippen molar-refractivity contribution < 1.29 is 14.4 Å². The summed E-state index contributed by atoms with van der Waals surface area (Å²) in [7, 11) is 0. The van der Waals surface area contributed by atoms with E-state index >= 15 is 0 Å². The van der Waals surface area contributed by atoms with E-state index in [0.29, 0.717) is 19.7 Å². The van der Waals surface area contributed by atoms with Crippen LogP contribution in [0.1, 0.15) is 27.2 Å². The number of rotatable bonds is 4. The zero-order valence-electron chi connectivity index (χ0n) is 12.7. The molecule has 8 nitrogen and oxygen atoms in total. The van der Waals surface area contributed by atoms with Crippen molar-refractivity contribution >= 4 is 6.09 Å². The molecule has 2 heterocycles. The van der Waals surface area contributed by atoms with Gasteiger partial charge in [0.05, 0.1) is 12.6 Å². The van der Waals surface area contributed by atoms with Gasteiger partial charge in [-0.25, -0.2) is 15.7 Å². The first-order valence-electron chi connectivity index (χ1n) is 7.03. The largest absolute Gasteiger partial charge is 0.444 e. The second-order valence-corrected chi connectivity index (χ2v) is 6.34. The SMILES string of the molecule is CC(C)(C)OC(=O)N1C[C@@H](Cn2cncn2)C[C@@H]1CON. The summed E-state index contributed by atoms with van der Waals surface area (Å²) in [6.07, 6.45) is 3.65. The number of nitrogens with zero attached hydrogens (tertiary/aromatic N) is 4. The Hall–Kier alpha value is -1.67. The topological polar surface area (TPSA) is 95.5 Å². The van der Waals surface area contributed by atoms with Crippen molar-refractivity contribution in [1.82, 2.24) is 19.7 Å². The summed E-state index contributed by atoms with van der Waals surface area (Å²) >= 11 is 0. The van der Waals surface area contributed by atoms with E-state index in [1.54, 1.807) is 15.9 Å². The van der Waals surface area contributed by atoms with E-state index in [2.05, 4.69) is 10.1 Å². The van der Waals surface area contributed by atoms with Gasteiger partial charge in [0.2, 0.25) is 0 Å². The standard InChI is InChI=1S/C13H23N5O3/c1-13(2,3)21-12(19)18-6-10(4-11(18)7-20-14)5-17-9-15-8-16-17/h8-11H,4-7,14H2,1-3H3/t10-,11-/m1/s1. The molecular formula is C13H23N5O3. The highest BCUT2D eigenvalue weighted by molar-refractivity contribution is 5.69. The van der Waals surface area contributed by atoms with Gasteiger partial charge in [-0.05, 0) is 33.1 Å². The molecule has 1 aliphatic heterocycles. The minimum absolute atomic E-state index is 0.0710. The molecule has 0 radical (unpaired) electrons. The van der Waals surface area contributed by atoms with Crippen LogP contribution in [0.25, 0.3) is 0 Å². The maximum Gasteiger partial charge on any atom is 0.410 e. The van der Waals surface area contributed by atoms with Crippen LogP contribution in [0.5, 0.6) is 0 Å². The van der Waals surface area contributed by atoms with Gasteiger partial charge in [0.15, 0.2) is 0 Å². The Bertz CT molecular complexity index is 457. The molecule has 1 amide bonds. The predicted molar refractivity (Wildman–Crippen MR) is 75.0 cm³/mol. The number of amides is 1. The number of carbonyl (C=O) groups is 1. The van der Waals surface area contributed by atoms with Gasteiger partial charge in [-0.15, -0.1) is 0 Å². The average Bonchev–Trinajstić information content (AvgIpc) is 2.98. The Morgan fingerprint density at radius 3 is 2.81 bits per heavy atom. The molecule has 1 aliphatic rings. The van der Waals surface area contributed by atoms with Gasteiger partial charge < -0.3 is 14.5 Å². The van der Waals surface area contributed by atoms with Crippen LogP contribution in [0.3, 0.4) is 0 Å². The lowest BCUT2D eigenvalue weighted by Crippen LogP contribution is -2.42. The van der Waals surface area contributed by atoms with E-state index in [1.165, 1.54) is 6.33 Å². The Morgan fingerprint density at radius 2 is 2.24 bits per heavy atom. The summed E-state index contributed by atoms with van der Waals surface area (Å²) in [5.74, 6) is 5.45. The average molecular weight is 297 g/mol. The van der Waals surface area contributed by atoms with Crippen LogP contribution < -0.4 is 5.90 Å². The molecule has 8 heteroatoms. The highest BCUT2D eigenvalue weighted by Gasteiger charge is 2.37. The van der Waals surface area contributed by atoms with Gasteiger partial charge in [-0.1, -0.05) is 0 Å². The molecule has 2 atom stereocenters. The van der Waals surface area contributed by atoms with E-state index < -0.39 is 5.60 Å². The minimum Gasteiger partial charge on any atom is -0.444 e. The third-order valence-electron chi connectivity index (χ3n) is 3.33. The molecule has 2 rings (SSSR count). The molecule has 0 spiro atoms. The number of carbonyl (C=O) groups excluding carboxylic acids is 1. The predicted octanol–water partition coefficient (Wildman–Crippen LogP) is 0.794. The van der Waals surface area contributed by atoms with Gasteiger partial charge >= 0.3 is 6.09 Å². The molecular weight excluding hydrogens is 274 g/mol.